The Morgan fingerprint density at radius 2 is 1.96 bits per heavy atom. The normalized spacial score (nSPS) is 16.0. The Morgan fingerprint density at radius 1 is 1.26 bits per heavy atom. The molecule has 1 fully saturated rings. The first-order valence-corrected chi connectivity index (χ1v) is 7.42. The lowest BCUT2D eigenvalue weighted by molar-refractivity contribution is 0.0240. The summed E-state index contributed by atoms with van der Waals surface area (Å²) < 4.78 is 20.5. The minimum Gasteiger partial charge on any atom is -0.444 e. The second kappa shape index (κ2) is 5.64. The van der Waals surface area contributed by atoms with Gasteiger partial charge < -0.3 is 14.5 Å². The maximum Gasteiger partial charge on any atom is 0.410 e. The summed E-state index contributed by atoms with van der Waals surface area (Å²) in [5, 5.41) is 7.47. The molecule has 0 aliphatic carbocycles. The number of amides is 1. The predicted octanol–water partition coefficient (Wildman–Crippen LogP) is 1.32. The molecule has 0 aromatic carbocycles. The zero-order valence-electron chi connectivity index (χ0n) is 13.4. The summed E-state index contributed by atoms with van der Waals surface area (Å²) in [6.07, 6.45) is 2.25. The van der Waals surface area contributed by atoms with Crippen molar-refractivity contribution < 1.29 is 13.9 Å². The van der Waals surface area contributed by atoms with Gasteiger partial charge in [0.05, 0.1) is 6.20 Å². The third-order valence-electron chi connectivity index (χ3n) is 3.48. The molecule has 8 nitrogen and oxygen atoms in total. The monoisotopic (exact) mass is 322 g/mol. The molecule has 0 bridgehead atoms. The summed E-state index contributed by atoms with van der Waals surface area (Å²) in [5.74, 6) is 0.0499. The molecule has 3 rings (SSSR count). The van der Waals surface area contributed by atoms with Crippen molar-refractivity contribution in [3.8, 4) is 0 Å². The first-order valence-electron chi connectivity index (χ1n) is 7.42. The molecule has 0 N–H and O–H groups in total. The molecule has 23 heavy (non-hydrogen) atoms. The zero-order valence-corrected chi connectivity index (χ0v) is 13.4. The summed E-state index contributed by atoms with van der Waals surface area (Å²) in [4.78, 5) is 19.8. The average Bonchev–Trinajstić information content (AvgIpc) is 2.96. The molecule has 0 atom stereocenters. The maximum atomic E-state index is 13.6. The van der Waals surface area contributed by atoms with Gasteiger partial charge in [0.25, 0.3) is 0 Å². The Morgan fingerprint density at radius 3 is 2.61 bits per heavy atom. The molecular weight excluding hydrogens is 303 g/mol. The number of fused-ring (bicyclic) bond motifs is 1. The minimum atomic E-state index is -0.515. The van der Waals surface area contributed by atoms with E-state index in [9.17, 15) is 9.18 Å². The number of hydrogen-bond acceptors (Lipinski definition) is 6. The minimum absolute atomic E-state index is 0.143. The van der Waals surface area contributed by atoms with E-state index in [0.717, 1.165) is 6.20 Å². The smallest absolute Gasteiger partial charge is 0.410 e. The van der Waals surface area contributed by atoms with Crippen LogP contribution in [0.2, 0.25) is 0 Å². The molecule has 1 amide bonds. The third-order valence-corrected chi connectivity index (χ3v) is 3.48. The van der Waals surface area contributed by atoms with Crippen molar-refractivity contribution in [1.29, 1.82) is 0 Å². The second-order valence-corrected chi connectivity index (χ2v) is 6.39. The molecule has 0 saturated carbocycles. The number of piperazine rings is 1. The van der Waals surface area contributed by atoms with E-state index in [1.54, 1.807) is 4.90 Å². The lowest BCUT2D eigenvalue weighted by Crippen LogP contribution is -2.50. The fourth-order valence-corrected chi connectivity index (χ4v) is 2.43. The molecular formula is C14H19FN6O2. The van der Waals surface area contributed by atoms with E-state index in [4.69, 9.17) is 4.74 Å². The molecule has 1 saturated heterocycles. The number of hydrogen-bond donors (Lipinski definition) is 0. The Bertz CT molecular complexity index is 718. The lowest BCUT2D eigenvalue weighted by atomic mass is 10.2. The standard InChI is InChI=1S/C14H19FN6O2/c1-14(2,3)23-13(22)20-6-4-19(5-7-20)12-16-8-10(15)11-18-17-9-21(11)12/h8-9H,4-7H2,1-3H3. The van der Waals surface area contributed by atoms with E-state index in [-0.39, 0.29) is 11.7 Å². The Balaban J connectivity index is 1.70. The van der Waals surface area contributed by atoms with Crippen molar-refractivity contribution in [2.75, 3.05) is 31.1 Å². The van der Waals surface area contributed by atoms with Gasteiger partial charge in [-0.15, -0.1) is 10.2 Å². The molecule has 0 unspecified atom stereocenters. The summed E-state index contributed by atoms with van der Waals surface area (Å²) in [5.41, 5.74) is -0.369. The Kier molecular flexibility index (Phi) is 3.78. The van der Waals surface area contributed by atoms with Crippen molar-refractivity contribution in [1.82, 2.24) is 24.5 Å². The van der Waals surface area contributed by atoms with Crippen LogP contribution in [0.5, 0.6) is 0 Å². The first-order chi connectivity index (χ1) is 10.8. The van der Waals surface area contributed by atoms with Gasteiger partial charge in [0, 0.05) is 26.2 Å². The van der Waals surface area contributed by atoms with Crippen LogP contribution in [0.4, 0.5) is 15.1 Å². The molecule has 124 valence electrons. The maximum absolute atomic E-state index is 13.6. The van der Waals surface area contributed by atoms with Gasteiger partial charge >= 0.3 is 6.09 Å². The topological polar surface area (TPSA) is 75.9 Å². The van der Waals surface area contributed by atoms with Gasteiger partial charge in [0.2, 0.25) is 11.6 Å². The molecule has 0 spiro atoms. The molecule has 1 aliphatic heterocycles. The van der Waals surface area contributed by atoms with Crippen LogP contribution in [0.25, 0.3) is 5.65 Å². The summed E-state index contributed by atoms with van der Waals surface area (Å²) in [6.45, 7) is 7.69. The Hall–Kier alpha value is -2.45. The molecule has 2 aromatic rings. The van der Waals surface area contributed by atoms with Crippen molar-refractivity contribution in [3.05, 3.63) is 18.3 Å². The van der Waals surface area contributed by atoms with Crippen LogP contribution in [0.1, 0.15) is 20.8 Å². The van der Waals surface area contributed by atoms with E-state index >= 15 is 0 Å². The van der Waals surface area contributed by atoms with Crippen molar-refractivity contribution >= 4 is 17.7 Å². The van der Waals surface area contributed by atoms with Crippen molar-refractivity contribution in [2.24, 2.45) is 0 Å². The van der Waals surface area contributed by atoms with Gasteiger partial charge in [-0.05, 0) is 20.8 Å². The number of anilines is 1. The number of rotatable bonds is 1. The fourth-order valence-electron chi connectivity index (χ4n) is 2.43. The zero-order chi connectivity index (χ0) is 16.6. The van der Waals surface area contributed by atoms with Gasteiger partial charge in [0.1, 0.15) is 11.9 Å². The number of carbonyl (C=O) groups excluding carboxylic acids is 1. The molecule has 2 aromatic heterocycles. The number of halogens is 1. The van der Waals surface area contributed by atoms with E-state index in [1.807, 2.05) is 25.7 Å². The van der Waals surface area contributed by atoms with Gasteiger partial charge in [0.15, 0.2) is 5.82 Å². The summed E-state index contributed by atoms with van der Waals surface area (Å²) in [6, 6.07) is 0. The van der Waals surface area contributed by atoms with Crippen LogP contribution in [0, 0.1) is 5.82 Å². The highest BCUT2D eigenvalue weighted by atomic mass is 19.1. The highest BCUT2D eigenvalue weighted by Gasteiger charge is 2.27. The molecule has 0 radical (unpaired) electrons. The number of ether oxygens (including phenoxy) is 1. The number of nitrogens with zero attached hydrogens (tertiary/aromatic N) is 6. The van der Waals surface area contributed by atoms with E-state index in [1.165, 1.54) is 10.7 Å². The van der Waals surface area contributed by atoms with E-state index < -0.39 is 11.4 Å². The third kappa shape index (κ3) is 3.17. The van der Waals surface area contributed by atoms with Gasteiger partial charge in [-0.3, -0.25) is 0 Å². The molecule has 1 aliphatic rings. The number of aromatic nitrogens is 4. The Labute approximate surface area is 132 Å². The summed E-state index contributed by atoms with van der Waals surface area (Å²) in [7, 11) is 0. The van der Waals surface area contributed by atoms with Gasteiger partial charge in [-0.25, -0.2) is 18.6 Å². The molecule has 3 heterocycles. The highest BCUT2D eigenvalue weighted by Crippen LogP contribution is 2.18. The highest BCUT2D eigenvalue weighted by molar-refractivity contribution is 5.68. The molecule has 9 heteroatoms. The van der Waals surface area contributed by atoms with Crippen LogP contribution >= 0.6 is 0 Å². The van der Waals surface area contributed by atoms with Crippen LogP contribution in [-0.4, -0.2) is 62.4 Å². The summed E-state index contributed by atoms with van der Waals surface area (Å²) >= 11 is 0. The van der Waals surface area contributed by atoms with Crippen LogP contribution in [-0.2, 0) is 4.74 Å². The SMILES string of the molecule is CC(C)(C)OC(=O)N1CCN(c2ncc(F)c3nncn23)CC1. The van der Waals surface area contributed by atoms with Crippen molar-refractivity contribution in [3.63, 3.8) is 0 Å². The fraction of sp³-hybridized carbons (Fsp3) is 0.571. The average molecular weight is 322 g/mol. The largest absolute Gasteiger partial charge is 0.444 e. The second-order valence-electron chi connectivity index (χ2n) is 6.39. The van der Waals surface area contributed by atoms with Crippen LogP contribution < -0.4 is 4.90 Å². The van der Waals surface area contributed by atoms with Crippen LogP contribution in [0.15, 0.2) is 12.5 Å². The van der Waals surface area contributed by atoms with Gasteiger partial charge in [-0.1, -0.05) is 0 Å². The van der Waals surface area contributed by atoms with Crippen LogP contribution in [0.3, 0.4) is 0 Å². The van der Waals surface area contributed by atoms with Gasteiger partial charge in [-0.2, -0.15) is 0 Å². The van der Waals surface area contributed by atoms with E-state index in [0.29, 0.717) is 32.1 Å². The quantitative estimate of drug-likeness (QED) is 0.788. The number of carbonyl (C=O) groups is 1. The first kappa shape index (κ1) is 15.4. The van der Waals surface area contributed by atoms with Crippen molar-refractivity contribution in [2.45, 2.75) is 26.4 Å². The van der Waals surface area contributed by atoms with E-state index in [2.05, 4.69) is 15.2 Å². The predicted molar refractivity (Wildman–Crippen MR) is 80.8 cm³/mol. The lowest BCUT2D eigenvalue weighted by Gasteiger charge is -2.36.